The predicted molar refractivity (Wildman–Crippen MR) is 77.6 cm³/mol. The Morgan fingerprint density at radius 2 is 2.10 bits per heavy atom. The van der Waals surface area contributed by atoms with E-state index in [2.05, 4.69) is 12.2 Å². The van der Waals surface area contributed by atoms with Gasteiger partial charge in [0, 0.05) is 39.1 Å². The van der Waals surface area contributed by atoms with E-state index >= 15 is 0 Å². The van der Waals surface area contributed by atoms with Crippen LogP contribution < -0.4 is 5.32 Å². The number of carbonyl (C=O) groups is 1. The lowest BCUT2D eigenvalue weighted by Gasteiger charge is -2.35. The van der Waals surface area contributed by atoms with Gasteiger partial charge in [-0.2, -0.15) is 0 Å². The Balaban J connectivity index is 1.69. The second kappa shape index (κ2) is 6.76. The minimum atomic E-state index is -0.790. The molecule has 1 saturated heterocycles. The number of nitrogens with one attached hydrogen (secondary N) is 1. The fourth-order valence-corrected chi connectivity index (χ4v) is 2.71. The van der Waals surface area contributed by atoms with Gasteiger partial charge in [-0.1, -0.05) is 12.8 Å². The molecule has 1 heterocycles. The number of likely N-dealkylation sites (N-methyl/N-ethyl adjacent to an activating group) is 1. The number of amides is 2. The van der Waals surface area contributed by atoms with Gasteiger partial charge >= 0.3 is 6.03 Å². The summed E-state index contributed by atoms with van der Waals surface area (Å²) in [4.78, 5) is 13.7. The van der Waals surface area contributed by atoms with Crippen molar-refractivity contribution in [2.24, 2.45) is 5.92 Å². The van der Waals surface area contributed by atoms with Gasteiger partial charge in [-0.3, -0.25) is 0 Å². The lowest BCUT2D eigenvalue weighted by atomic mass is 9.94. The summed E-state index contributed by atoms with van der Waals surface area (Å²) in [5, 5.41) is 13.4. The van der Waals surface area contributed by atoms with Crippen LogP contribution >= 0.6 is 0 Å². The van der Waals surface area contributed by atoms with Crippen molar-refractivity contribution >= 4 is 6.03 Å². The molecule has 0 aromatic carbocycles. The van der Waals surface area contributed by atoms with Crippen LogP contribution in [0.4, 0.5) is 4.79 Å². The van der Waals surface area contributed by atoms with Crippen molar-refractivity contribution < 1.29 is 14.6 Å². The lowest BCUT2D eigenvalue weighted by Crippen LogP contribution is -2.51. The van der Waals surface area contributed by atoms with Gasteiger partial charge in [0.05, 0.1) is 12.1 Å². The first-order valence-corrected chi connectivity index (χ1v) is 7.80. The number of hydrogen-bond acceptors (Lipinski definition) is 3. The number of carbonyl (C=O) groups excluding carboxylic acids is 1. The zero-order valence-corrected chi connectivity index (χ0v) is 12.7. The highest BCUT2D eigenvalue weighted by molar-refractivity contribution is 5.74. The first-order valence-electron chi connectivity index (χ1n) is 7.80. The lowest BCUT2D eigenvalue weighted by molar-refractivity contribution is -0.0723. The fraction of sp³-hybridized carbons (Fsp3) is 0.933. The van der Waals surface area contributed by atoms with Crippen LogP contribution in [0.3, 0.4) is 0 Å². The van der Waals surface area contributed by atoms with Crippen LogP contribution in [0.25, 0.3) is 0 Å². The molecule has 2 fully saturated rings. The van der Waals surface area contributed by atoms with E-state index in [9.17, 15) is 9.90 Å². The molecule has 2 rings (SSSR count). The second-order valence-corrected chi connectivity index (χ2v) is 6.56. The minimum Gasteiger partial charge on any atom is -0.388 e. The van der Waals surface area contributed by atoms with E-state index in [1.54, 1.807) is 11.9 Å². The number of ether oxygens (including phenoxy) is 1. The van der Waals surface area contributed by atoms with Crippen LogP contribution in [0.1, 0.15) is 45.4 Å². The third-order valence-electron chi connectivity index (χ3n) is 4.38. The Hall–Kier alpha value is -0.810. The number of urea groups is 1. The third-order valence-corrected chi connectivity index (χ3v) is 4.38. The number of hydrogen-bond donors (Lipinski definition) is 2. The average Bonchev–Trinajstić information content (AvgIpc) is 3.20. The van der Waals surface area contributed by atoms with E-state index in [4.69, 9.17) is 4.74 Å². The molecule has 1 atom stereocenters. The number of rotatable bonds is 6. The summed E-state index contributed by atoms with van der Waals surface area (Å²) in [6, 6.07) is 0.114. The molecule has 0 radical (unpaired) electrons. The smallest absolute Gasteiger partial charge is 0.317 e. The van der Waals surface area contributed by atoms with Crippen LogP contribution in [0.2, 0.25) is 0 Å². The maximum atomic E-state index is 12.1. The van der Waals surface area contributed by atoms with Gasteiger partial charge < -0.3 is 20.1 Å². The summed E-state index contributed by atoms with van der Waals surface area (Å²) in [5.74, 6) is 0.898. The van der Waals surface area contributed by atoms with Crippen molar-refractivity contribution in [2.75, 3.05) is 26.8 Å². The zero-order valence-electron chi connectivity index (χ0n) is 12.7. The summed E-state index contributed by atoms with van der Waals surface area (Å²) >= 11 is 0. The average molecular weight is 284 g/mol. The van der Waals surface area contributed by atoms with E-state index in [-0.39, 0.29) is 12.1 Å². The summed E-state index contributed by atoms with van der Waals surface area (Å²) in [5.41, 5.74) is -0.790. The maximum absolute atomic E-state index is 12.1. The molecule has 20 heavy (non-hydrogen) atoms. The fourth-order valence-electron chi connectivity index (χ4n) is 2.71. The summed E-state index contributed by atoms with van der Waals surface area (Å²) in [7, 11) is 1.75. The molecule has 0 spiro atoms. The van der Waals surface area contributed by atoms with Crippen LogP contribution in [-0.4, -0.2) is 54.5 Å². The molecule has 1 saturated carbocycles. The molecule has 2 aliphatic rings. The van der Waals surface area contributed by atoms with Crippen molar-refractivity contribution in [1.29, 1.82) is 0 Å². The SMILES string of the molecule is C[C@@H](CCC1CC1)NC(=O)N(C)CC1(O)CCOCC1. The van der Waals surface area contributed by atoms with Crippen molar-refractivity contribution in [1.82, 2.24) is 10.2 Å². The normalized spacial score (nSPS) is 23.1. The number of aliphatic hydroxyl groups is 1. The van der Waals surface area contributed by atoms with Crippen molar-refractivity contribution in [3.05, 3.63) is 0 Å². The minimum absolute atomic E-state index is 0.0896. The highest BCUT2D eigenvalue weighted by Crippen LogP contribution is 2.33. The summed E-state index contributed by atoms with van der Waals surface area (Å²) in [6.45, 7) is 3.57. The molecule has 5 nitrogen and oxygen atoms in total. The highest BCUT2D eigenvalue weighted by atomic mass is 16.5. The van der Waals surface area contributed by atoms with E-state index in [1.165, 1.54) is 19.3 Å². The van der Waals surface area contributed by atoms with Crippen molar-refractivity contribution in [2.45, 2.75) is 57.1 Å². The van der Waals surface area contributed by atoms with Gasteiger partial charge in [0.1, 0.15) is 0 Å². The Morgan fingerprint density at radius 3 is 2.70 bits per heavy atom. The van der Waals surface area contributed by atoms with Gasteiger partial charge in [-0.05, 0) is 25.7 Å². The van der Waals surface area contributed by atoms with Crippen molar-refractivity contribution in [3.8, 4) is 0 Å². The first kappa shape index (κ1) is 15.6. The van der Waals surface area contributed by atoms with Crippen LogP contribution in [-0.2, 0) is 4.74 Å². The molecule has 0 aromatic rings. The Morgan fingerprint density at radius 1 is 1.45 bits per heavy atom. The van der Waals surface area contributed by atoms with Gasteiger partial charge in [0.15, 0.2) is 0 Å². The summed E-state index contributed by atoms with van der Waals surface area (Å²) in [6.07, 6.45) is 6.17. The van der Waals surface area contributed by atoms with Gasteiger partial charge in [-0.15, -0.1) is 0 Å². The molecule has 0 bridgehead atoms. The Bertz CT molecular complexity index is 325. The van der Waals surface area contributed by atoms with Crippen molar-refractivity contribution in [3.63, 3.8) is 0 Å². The van der Waals surface area contributed by atoms with E-state index < -0.39 is 5.60 Å². The van der Waals surface area contributed by atoms with Crippen LogP contribution in [0.15, 0.2) is 0 Å². The van der Waals surface area contributed by atoms with E-state index in [0.717, 1.165) is 12.3 Å². The molecular weight excluding hydrogens is 256 g/mol. The Kier molecular flexibility index (Phi) is 5.27. The monoisotopic (exact) mass is 284 g/mol. The van der Waals surface area contributed by atoms with Gasteiger partial charge in [-0.25, -0.2) is 4.79 Å². The topological polar surface area (TPSA) is 61.8 Å². The Labute approximate surface area is 121 Å². The molecule has 0 unspecified atom stereocenters. The second-order valence-electron chi connectivity index (χ2n) is 6.56. The van der Waals surface area contributed by atoms with Gasteiger partial charge in [0.25, 0.3) is 0 Å². The molecular formula is C15H28N2O3. The molecule has 5 heteroatoms. The molecule has 2 N–H and O–H groups in total. The largest absolute Gasteiger partial charge is 0.388 e. The standard InChI is InChI=1S/C15H28N2O3/c1-12(3-4-13-5-6-13)16-14(18)17(2)11-15(19)7-9-20-10-8-15/h12-13,19H,3-11H2,1-2H3,(H,16,18)/t12-/m0/s1. The molecule has 1 aliphatic carbocycles. The summed E-state index contributed by atoms with van der Waals surface area (Å²) < 4.78 is 5.25. The third kappa shape index (κ3) is 4.94. The van der Waals surface area contributed by atoms with Crippen LogP contribution in [0.5, 0.6) is 0 Å². The van der Waals surface area contributed by atoms with E-state index in [1.807, 2.05) is 0 Å². The molecule has 116 valence electrons. The quantitative estimate of drug-likeness (QED) is 0.781. The predicted octanol–water partition coefficient (Wildman–Crippen LogP) is 1.75. The van der Waals surface area contributed by atoms with E-state index in [0.29, 0.717) is 32.6 Å². The first-order chi connectivity index (χ1) is 9.48. The van der Waals surface area contributed by atoms with Crippen LogP contribution in [0, 0.1) is 5.92 Å². The molecule has 0 aromatic heterocycles. The molecule has 1 aliphatic heterocycles. The highest BCUT2D eigenvalue weighted by Gasteiger charge is 2.32. The number of nitrogens with zero attached hydrogens (tertiary/aromatic N) is 1. The maximum Gasteiger partial charge on any atom is 0.317 e. The zero-order chi connectivity index (χ0) is 14.6. The van der Waals surface area contributed by atoms with Gasteiger partial charge in [0.2, 0.25) is 0 Å². The molecule has 2 amide bonds.